The predicted molar refractivity (Wildman–Crippen MR) is 43.6 cm³/mol. The van der Waals surface area contributed by atoms with E-state index in [1.165, 1.54) is 11.5 Å². The Labute approximate surface area is 68.8 Å². The first-order chi connectivity index (χ1) is 5.22. The molecule has 4 nitrogen and oxygen atoms in total. The highest BCUT2D eigenvalue weighted by atomic mass is 32.1. The van der Waals surface area contributed by atoms with Gasteiger partial charge in [0.1, 0.15) is 5.82 Å². The number of amides is 1. The number of hydrogen-bond donors (Lipinski definition) is 1. The molecule has 1 aromatic heterocycles. The first-order valence-corrected chi connectivity index (χ1v) is 4.10. The molecule has 0 aliphatic rings. The molecule has 0 radical (unpaired) electrons. The molecule has 0 saturated carbocycles. The summed E-state index contributed by atoms with van der Waals surface area (Å²) in [6.45, 7) is 3.58. The summed E-state index contributed by atoms with van der Waals surface area (Å²) in [5, 5.41) is 3.20. The third kappa shape index (κ3) is 2.27. The Morgan fingerprint density at radius 1 is 1.73 bits per heavy atom. The fourth-order valence-electron chi connectivity index (χ4n) is 0.556. The average Bonchev–Trinajstić information content (AvgIpc) is 2.35. The third-order valence-electron chi connectivity index (χ3n) is 1.10. The Bertz CT molecular complexity index is 258. The number of anilines is 1. The van der Waals surface area contributed by atoms with Crippen LogP contribution in [0.5, 0.6) is 0 Å². The Hall–Kier alpha value is -0.970. The molecule has 0 saturated heterocycles. The minimum absolute atomic E-state index is 0.0267. The lowest BCUT2D eigenvalue weighted by atomic mass is 10.5. The van der Waals surface area contributed by atoms with E-state index in [4.69, 9.17) is 0 Å². The molecule has 0 fully saturated rings. The van der Waals surface area contributed by atoms with Crippen molar-refractivity contribution in [3.05, 3.63) is 5.82 Å². The van der Waals surface area contributed by atoms with Crippen molar-refractivity contribution in [2.24, 2.45) is 0 Å². The second-order valence-corrected chi connectivity index (χ2v) is 2.80. The number of rotatable bonds is 2. The van der Waals surface area contributed by atoms with Gasteiger partial charge in [-0.1, -0.05) is 6.92 Å². The maximum atomic E-state index is 10.8. The fraction of sp³-hybridized carbons (Fsp3) is 0.500. The van der Waals surface area contributed by atoms with Crippen LogP contribution in [0.15, 0.2) is 0 Å². The van der Waals surface area contributed by atoms with Gasteiger partial charge in [-0.05, 0) is 6.92 Å². The third-order valence-corrected chi connectivity index (χ3v) is 1.82. The zero-order chi connectivity index (χ0) is 8.27. The van der Waals surface area contributed by atoms with Gasteiger partial charge in [0.25, 0.3) is 0 Å². The number of carbonyl (C=O) groups excluding carboxylic acids is 1. The van der Waals surface area contributed by atoms with Gasteiger partial charge >= 0.3 is 0 Å². The van der Waals surface area contributed by atoms with E-state index in [1.807, 2.05) is 0 Å². The lowest BCUT2D eigenvalue weighted by Crippen LogP contribution is -2.08. The van der Waals surface area contributed by atoms with Crippen molar-refractivity contribution in [3.8, 4) is 0 Å². The standard InChI is InChI=1S/C6H9N3OS/c1-3-5(10)8-6-7-4(2)9-11-6/h3H2,1-2H3,(H,7,8,9,10). The van der Waals surface area contributed by atoms with Gasteiger partial charge < -0.3 is 5.32 Å². The first-order valence-electron chi connectivity index (χ1n) is 3.32. The maximum Gasteiger partial charge on any atom is 0.225 e. The summed E-state index contributed by atoms with van der Waals surface area (Å²) in [7, 11) is 0. The molecule has 0 aromatic carbocycles. The monoisotopic (exact) mass is 171 g/mol. The van der Waals surface area contributed by atoms with Crippen LogP contribution in [0.3, 0.4) is 0 Å². The van der Waals surface area contributed by atoms with Crippen molar-refractivity contribution in [2.75, 3.05) is 5.32 Å². The summed E-state index contributed by atoms with van der Waals surface area (Å²) >= 11 is 1.20. The average molecular weight is 171 g/mol. The number of nitrogens with zero attached hydrogens (tertiary/aromatic N) is 2. The van der Waals surface area contributed by atoms with E-state index in [0.29, 0.717) is 17.4 Å². The number of hydrogen-bond acceptors (Lipinski definition) is 4. The lowest BCUT2D eigenvalue weighted by molar-refractivity contribution is -0.115. The molecule has 1 rings (SSSR count). The van der Waals surface area contributed by atoms with Crippen LogP contribution in [0.1, 0.15) is 19.2 Å². The van der Waals surface area contributed by atoms with Gasteiger partial charge in [-0.3, -0.25) is 4.79 Å². The van der Waals surface area contributed by atoms with Crippen molar-refractivity contribution in [3.63, 3.8) is 0 Å². The topological polar surface area (TPSA) is 54.9 Å². The molecular weight excluding hydrogens is 162 g/mol. The highest BCUT2D eigenvalue weighted by Gasteiger charge is 2.02. The SMILES string of the molecule is CCC(=O)Nc1nc(C)ns1. The molecule has 0 unspecified atom stereocenters. The summed E-state index contributed by atoms with van der Waals surface area (Å²) < 4.78 is 3.92. The summed E-state index contributed by atoms with van der Waals surface area (Å²) in [6, 6.07) is 0. The van der Waals surface area contributed by atoms with E-state index in [0.717, 1.165) is 0 Å². The van der Waals surface area contributed by atoms with E-state index in [2.05, 4.69) is 14.7 Å². The summed E-state index contributed by atoms with van der Waals surface area (Å²) in [5.74, 6) is 0.669. The Kier molecular flexibility index (Phi) is 2.53. The van der Waals surface area contributed by atoms with Crippen molar-refractivity contribution in [2.45, 2.75) is 20.3 Å². The van der Waals surface area contributed by atoms with Crippen molar-refractivity contribution in [1.29, 1.82) is 0 Å². The smallest absolute Gasteiger partial charge is 0.225 e. The molecule has 5 heteroatoms. The Balaban J connectivity index is 2.57. The Morgan fingerprint density at radius 3 is 2.91 bits per heavy atom. The maximum absolute atomic E-state index is 10.8. The van der Waals surface area contributed by atoms with E-state index in [9.17, 15) is 4.79 Å². The van der Waals surface area contributed by atoms with Crippen LogP contribution in [-0.2, 0) is 4.79 Å². The summed E-state index contributed by atoms with van der Waals surface area (Å²) in [5.41, 5.74) is 0. The summed E-state index contributed by atoms with van der Waals surface area (Å²) in [6.07, 6.45) is 0.471. The largest absolute Gasteiger partial charge is 0.301 e. The molecule has 1 N–H and O–H groups in total. The molecule has 0 aliphatic heterocycles. The number of nitrogens with one attached hydrogen (secondary N) is 1. The van der Waals surface area contributed by atoms with Crippen LogP contribution in [0.2, 0.25) is 0 Å². The molecule has 0 spiro atoms. The van der Waals surface area contributed by atoms with Crippen LogP contribution in [0, 0.1) is 6.92 Å². The molecule has 0 bridgehead atoms. The highest BCUT2D eigenvalue weighted by Crippen LogP contribution is 2.09. The zero-order valence-electron chi connectivity index (χ0n) is 6.42. The van der Waals surface area contributed by atoms with Gasteiger partial charge in [0.05, 0.1) is 0 Å². The van der Waals surface area contributed by atoms with Gasteiger partial charge in [0.2, 0.25) is 11.0 Å². The molecule has 1 aromatic rings. The second kappa shape index (κ2) is 3.43. The molecule has 0 atom stereocenters. The molecule has 1 heterocycles. The van der Waals surface area contributed by atoms with Crippen molar-refractivity contribution >= 4 is 22.6 Å². The molecule has 60 valence electrons. The minimum atomic E-state index is -0.0267. The van der Waals surface area contributed by atoms with E-state index in [-0.39, 0.29) is 5.91 Å². The summed E-state index contributed by atoms with van der Waals surface area (Å²) in [4.78, 5) is 14.8. The van der Waals surface area contributed by atoms with Gasteiger partial charge in [-0.2, -0.15) is 4.37 Å². The molecular formula is C6H9N3OS. The molecule has 0 aliphatic carbocycles. The fourth-order valence-corrected chi connectivity index (χ4v) is 1.15. The van der Waals surface area contributed by atoms with Crippen LogP contribution in [0.25, 0.3) is 0 Å². The number of carbonyl (C=O) groups is 1. The van der Waals surface area contributed by atoms with Gasteiger partial charge in [-0.25, -0.2) is 4.98 Å². The molecule has 1 amide bonds. The highest BCUT2D eigenvalue weighted by molar-refractivity contribution is 7.09. The van der Waals surface area contributed by atoms with Crippen LogP contribution in [0.4, 0.5) is 5.13 Å². The zero-order valence-corrected chi connectivity index (χ0v) is 7.23. The number of aromatic nitrogens is 2. The van der Waals surface area contributed by atoms with E-state index in [1.54, 1.807) is 13.8 Å². The Morgan fingerprint density at radius 2 is 2.45 bits per heavy atom. The predicted octanol–water partition coefficient (Wildman–Crippen LogP) is 1.20. The van der Waals surface area contributed by atoms with Gasteiger partial charge in [-0.15, -0.1) is 0 Å². The minimum Gasteiger partial charge on any atom is -0.301 e. The second-order valence-electron chi connectivity index (χ2n) is 2.05. The number of aryl methyl sites for hydroxylation is 1. The van der Waals surface area contributed by atoms with Gasteiger partial charge in [0.15, 0.2) is 0 Å². The van der Waals surface area contributed by atoms with E-state index < -0.39 is 0 Å². The van der Waals surface area contributed by atoms with Gasteiger partial charge in [0, 0.05) is 18.0 Å². The normalized spacial score (nSPS) is 9.64. The first kappa shape index (κ1) is 8.13. The van der Waals surface area contributed by atoms with Crippen LogP contribution < -0.4 is 5.32 Å². The van der Waals surface area contributed by atoms with Crippen LogP contribution in [-0.4, -0.2) is 15.3 Å². The van der Waals surface area contributed by atoms with E-state index >= 15 is 0 Å². The lowest BCUT2D eigenvalue weighted by Gasteiger charge is -1.94. The quantitative estimate of drug-likeness (QED) is 0.727. The molecule has 11 heavy (non-hydrogen) atoms. The van der Waals surface area contributed by atoms with Crippen LogP contribution >= 0.6 is 11.5 Å². The van der Waals surface area contributed by atoms with Crippen molar-refractivity contribution < 1.29 is 4.79 Å². The van der Waals surface area contributed by atoms with Crippen molar-refractivity contribution in [1.82, 2.24) is 9.36 Å².